The van der Waals surface area contributed by atoms with E-state index in [2.05, 4.69) is 25.8 Å². The number of hydrogen-bond donors (Lipinski definition) is 2. The second-order valence-corrected chi connectivity index (χ2v) is 4.44. The van der Waals surface area contributed by atoms with Crippen LogP contribution in [0.1, 0.15) is 12.0 Å². The van der Waals surface area contributed by atoms with Gasteiger partial charge in [0, 0.05) is 36.4 Å². The van der Waals surface area contributed by atoms with Crippen molar-refractivity contribution in [3.63, 3.8) is 0 Å². The van der Waals surface area contributed by atoms with E-state index in [0.29, 0.717) is 6.42 Å². The van der Waals surface area contributed by atoms with Crippen LogP contribution in [0.3, 0.4) is 0 Å². The maximum atomic E-state index is 7.13. The molecular weight excluding hydrogens is 256 g/mol. The summed E-state index contributed by atoms with van der Waals surface area (Å²) in [5.41, 5.74) is 6.44. The topological polar surface area (TPSA) is 66.0 Å². The molecule has 3 N–H and O–H groups in total. The monoisotopic (exact) mass is 270 g/mol. The van der Waals surface area contributed by atoms with Crippen molar-refractivity contribution < 1.29 is 0 Å². The Balaban J connectivity index is 2.44. The van der Waals surface area contributed by atoms with Gasteiger partial charge in [-0.25, -0.2) is 0 Å². The summed E-state index contributed by atoms with van der Waals surface area (Å²) in [7, 11) is 2.00. The van der Waals surface area contributed by atoms with Crippen LogP contribution >= 0.6 is 15.9 Å². The van der Waals surface area contributed by atoms with Crippen LogP contribution in [0.15, 0.2) is 22.9 Å². The van der Waals surface area contributed by atoms with Gasteiger partial charge < -0.3 is 10.6 Å². The van der Waals surface area contributed by atoms with Gasteiger partial charge in [0.25, 0.3) is 0 Å². The molecule has 0 fully saturated rings. The molecule has 0 aliphatic rings. The largest absolute Gasteiger partial charge is 0.388 e. The Morgan fingerprint density at radius 2 is 2.33 bits per heavy atom. The first kappa shape index (κ1) is 12.1. The van der Waals surface area contributed by atoms with Gasteiger partial charge in [0.15, 0.2) is 0 Å². The molecular formula is C10H15BrN4. The summed E-state index contributed by atoms with van der Waals surface area (Å²) >= 11 is 3.38. The summed E-state index contributed by atoms with van der Waals surface area (Å²) in [6.45, 7) is 1.61. The Hall–Kier alpha value is -0.940. The van der Waals surface area contributed by atoms with E-state index in [1.54, 1.807) is 6.20 Å². The standard InChI is InChI=1S/C10H15BrN4/c1-15(3-2-10(12)13)7-8-4-9(11)6-14-5-8/h4-6H,2-3,7H2,1H3,(H3,12,13). The molecule has 1 rings (SSSR count). The third-order valence-corrected chi connectivity index (χ3v) is 2.41. The highest BCUT2D eigenvalue weighted by Gasteiger charge is 2.01. The molecule has 4 nitrogen and oxygen atoms in total. The van der Waals surface area contributed by atoms with Crippen LogP contribution in [0.4, 0.5) is 0 Å². The Kier molecular flexibility index (Phi) is 4.71. The van der Waals surface area contributed by atoms with E-state index < -0.39 is 0 Å². The average molecular weight is 271 g/mol. The van der Waals surface area contributed by atoms with Crippen LogP contribution < -0.4 is 5.73 Å². The van der Waals surface area contributed by atoms with Crippen LogP contribution in [0.5, 0.6) is 0 Å². The summed E-state index contributed by atoms with van der Waals surface area (Å²) in [5.74, 6) is 0.231. The normalized spacial score (nSPS) is 10.6. The maximum absolute atomic E-state index is 7.13. The van der Waals surface area contributed by atoms with E-state index in [9.17, 15) is 0 Å². The van der Waals surface area contributed by atoms with Gasteiger partial charge >= 0.3 is 0 Å². The number of aromatic nitrogens is 1. The molecule has 1 aromatic heterocycles. The second kappa shape index (κ2) is 5.82. The number of halogens is 1. The first-order valence-electron chi connectivity index (χ1n) is 4.69. The Morgan fingerprint density at radius 1 is 1.60 bits per heavy atom. The highest BCUT2D eigenvalue weighted by atomic mass is 79.9. The molecule has 0 radical (unpaired) electrons. The predicted octanol–water partition coefficient (Wildman–Crippen LogP) is 1.60. The molecule has 0 saturated heterocycles. The minimum absolute atomic E-state index is 0.231. The molecule has 5 heteroatoms. The summed E-state index contributed by atoms with van der Waals surface area (Å²) in [4.78, 5) is 6.21. The molecule has 1 aromatic rings. The Bertz CT molecular complexity index is 340. The SMILES string of the molecule is CN(CCC(=N)N)Cc1cncc(Br)c1. The molecule has 0 aromatic carbocycles. The molecule has 82 valence electrons. The van der Waals surface area contributed by atoms with Gasteiger partial charge in [-0.05, 0) is 34.6 Å². The van der Waals surface area contributed by atoms with Gasteiger partial charge in [0.2, 0.25) is 0 Å². The highest BCUT2D eigenvalue weighted by Crippen LogP contribution is 2.10. The van der Waals surface area contributed by atoms with E-state index in [4.69, 9.17) is 11.1 Å². The fourth-order valence-electron chi connectivity index (χ4n) is 1.24. The summed E-state index contributed by atoms with van der Waals surface area (Å²) < 4.78 is 0.986. The number of hydrogen-bond acceptors (Lipinski definition) is 3. The van der Waals surface area contributed by atoms with Crippen LogP contribution in [0, 0.1) is 5.41 Å². The average Bonchev–Trinajstić information content (AvgIpc) is 2.15. The van der Waals surface area contributed by atoms with Crippen molar-refractivity contribution in [2.75, 3.05) is 13.6 Å². The third kappa shape index (κ3) is 4.90. The van der Waals surface area contributed by atoms with Crippen molar-refractivity contribution >= 4 is 21.8 Å². The zero-order valence-electron chi connectivity index (χ0n) is 8.70. The molecule has 0 spiro atoms. The van der Waals surface area contributed by atoms with E-state index in [1.165, 1.54) is 0 Å². The number of nitrogens with zero attached hydrogens (tertiary/aromatic N) is 2. The zero-order chi connectivity index (χ0) is 11.3. The van der Waals surface area contributed by atoms with Gasteiger partial charge in [-0.2, -0.15) is 0 Å². The van der Waals surface area contributed by atoms with Gasteiger partial charge in [-0.1, -0.05) is 0 Å². The van der Waals surface area contributed by atoms with E-state index in [-0.39, 0.29) is 5.84 Å². The number of nitrogens with two attached hydrogens (primary N) is 1. The molecule has 15 heavy (non-hydrogen) atoms. The lowest BCUT2D eigenvalue weighted by Gasteiger charge is -2.15. The third-order valence-electron chi connectivity index (χ3n) is 1.98. The van der Waals surface area contributed by atoms with Gasteiger partial charge in [0.1, 0.15) is 0 Å². The minimum Gasteiger partial charge on any atom is -0.388 e. The molecule has 0 saturated carbocycles. The quantitative estimate of drug-likeness (QED) is 0.631. The van der Waals surface area contributed by atoms with Crippen LogP contribution in [-0.4, -0.2) is 29.3 Å². The van der Waals surface area contributed by atoms with Gasteiger partial charge in [-0.3, -0.25) is 10.4 Å². The smallest absolute Gasteiger partial charge is 0.0918 e. The number of nitrogens with one attached hydrogen (secondary N) is 1. The molecule has 0 bridgehead atoms. The van der Waals surface area contributed by atoms with Crippen molar-refractivity contribution in [1.29, 1.82) is 5.41 Å². The summed E-state index contributed by atoms with van der Waals surface area (Å²) in [5, 5.41) is 7.13. The Labute approximate surface area is 98.1 Å². The van der Waals surface area contributed by atoms with Crippen LogP contribution in [0.2, 0.25) is 0 Å². The zero-order valence-corrected chi connectivity index (χ0v) is 10.3. The van der Waals surface area contributed by atoms with Crippen molar-refractivity contribution in [2.45, 2.75) is 13.0 Å². The predicted molar refractivity (Wildman–Crippen MR) is 64.8 cm³/mol. The molecule has 0 atom stereocenters. The number of pyridine rings is 1. The Morgan fingerprint density at radius 3 is 2.93 bits per heavy atom. The van der Waals surface area contributed by atoms with Crippen molar-refractivity contribution in [2.24, 2.45) is 5.73 Å². The lowest BCUT2D eigenvalue weighted by molar-refractivity contribution is 0.336. The van der Waals surface area contributed by atoms with E-state index >= 15 is 0 Å². The lowest BCUT2D eigenvalue weighted by Crippen LogP contribution is -2.23. The minimum atomic E-state index is 0.231. The molecule has 0 aliphatic carbocycles. The second-order valence-electron chi connectivity index (χ2n) is 3.52. The molecule has 0 amide bonds. The maximum Gasteiger partial charge on any atom is 0.0918 e. The molecule has 0 aliphatic heterocycles. The van der Waals surface area contributed by atoms with Crippen molar-refractivity contribution in [3.8, 4) is 0 Å². The summed E-state index contributed by atoms with van der Waals surface area (Å²) in [6, 6.07) is 2.04. The highest BCUT2D eigenvalue weighted by molar-refractivity contribution is 9.10. The number of rotatable bonds is 5. The van der Waals surface area contributed by atoms with Gasteiger partial charge in [0.05, 0.1) is 5.84 Å². The summed E-state index contributed by atoms with van der Waals surface area (Å²) in [6.07, 6.45) is 4.21. The fraction of sp³-hybridized carbons (Fsp3) is 0.400. The van der Waals surface area contributed by atoms with Crippen molar-refractivity contribution in [1.82, 2.24) is 9.88 Å². The first-order chi connectivity index (χ1) is 7.08. The molecule has 0 unspecified atom stereocenters. The van der Waals surface area contributed by atoms with Crippen LogP contribution in [-0.2, 0) is 6.54 Å². The fourth-order valence-corrected chi connectivity index (χ4v) is 1.66. The first-order valence-corrected chi connectivity index (χ1v) is 5.48. The lowest BCUT2D eigenvalue weighted by atomic mass is 10.2. The van der Waals surface area contributed by atoms with E-state index in [0.717, 1.165) is 23.1 Å². The number of amidine groups is 1. The van der Waals surface area contributed by atoms with E-state index in [1.807, 2.05) is 19.3 Å². The van der Waals surface area contributed by atoms with Crippen LogP contribution in [0.25, 0.3) is 0 Å². The van der Waals surface area contributed by atoms with Crippen molar-refractivity contribution in [3.05, 3.63) is 28.5 Å². The van der Waals surface area contributed by atoms with Gasteiger partial charge in [-0.15, -0.1) is 0 Å². The molecule has 1 heterocycles.